The Bertz CT molecular complexity index is 394. The van der Waals surface area contributed by atoms with Crippen molar-refractivity contribution in [3.05, 3.63) is 29.8 Å². The molecule has 0 aromatic heterocycles. The van der Waals surface area contributed by atoms with Crippen molar-refractivity contribution >= 4 is 5.78 Å². The van der Waals surface area contributed by atoms with Crippen LogP contribution in [0.3, 0.4) is 0 Å². The van der Waals surface area contributed by atoms with E-state index in [1.54, 1.807) is 7.11 Å². The molecule has 2 nitrogen and oxygen atoms in total. The Morgan fingerprint density at radius 2 is 2.00 bits per heavy atom. The minimum atomic E-state index is 0.288. The molecule has 1 aromatic rings. The minimum absolute atomic E-state index is 0.288. The second kappa shape index (κ2) is 6.03. The third-order valence-electron chi connectivity index (χ3n) is 3.97. The summed E-state index contributed by atoms with van der Waals surface area (Å²) in [5.41, 5.74) is 1.29. The molecule has 1 fully saturated rings. The van der Waals surface area contributed by atoms with Gasteiger partial charge in [-0.05, 0) is 49.3 Å². The number of ether oxygens (including phenoxy) is 1. The van der Waals surface area contributed by atoms with Gasteiger partial charge in [0.1, 0.15) is 11.5 Å². The highest BCUT2D eigenvalue weighted by atomic mass is 16.5. The third-order valence-corrected chi connectivity index (χ3v) is 3.97. The molecule has 2 rings (SSSR count). The molecule has 2 atom stereocenters. The Balaban J connectivity index is 1.88. The van der Waals surface area contributed by atoms with Gasteiger partial charge in [0.2, 0.25) is 0 Å². The monoisotopic (exact) mass is 246 g/mol. The maximum Gasteiger partial charge on any atom is 0.136 e. The van der Waals surface area contributed by atoms with E-state index in [0.29, 0.717) is 11.7 Å². The first-order valence-corrected chi connectivity index (χ1v) is 6.84. The summed E-state index contributed by atoms with van der Waals surface area (Å²) in [6.45, 7) is 2.26. The largest absolute Gasteiger partial charge is 0.497 e. The van der Waals surface area contributed by atoms with Gasteiger partial charge in [0.05, 0.1) is 7.11 Å². The van der Waals surface area contributed by atoms with E-state index >= 15 is 0 Å². The third kappa shape index (κ3) is 3.34. The highest BCUT2D eigenvalue weighted by Crippen LogP contribution is 2.29. The van der Waals surface area contributed by atoms with Gasteiger partial charge in [-0.3, -0.25) is 4.79 Å². The molecule has 0 spiro atoms. The van der Waals surface area contributed by atoms with Crippen molar-refractivity contribution in [2.75, 3.05) is 7.11 Å². The van der Waals surface area contributed by atoms with E-state index in [1.807, 2.05) is 12.1 Å². The van der Waals surface area contributed by atoms with E-state index in [0.717, 1.165) is 37.9 Å². The Labute approximate surface area is 109 Å². The predicted octanol–water partition coefficient (Wildman–Crippen LogP) is 3.63. The predicted molar refractivity (Wildman–Crippen MR) is 72.8 cm³/mol. The molecule has 1 saturated carbocycles. The van der Waals surface area contributed by atoms with Crippen LogP contribution in [0.1, 0.15) is 38.2 Å². The molecular weight excluding hydrogens is 224 g/mol. The standard InChI is InChI=1S/C16H22O2/c1-12-3-10-16(17)14(11-12)7-4-13-5-8-15(18-2)9-6-13/h5-6,8-9,12,14H,3-4,7,10-11H2,1-2H3. The van der Waals surface area contributed by atoms with Gasteiger partial charge in [-0.1, -0.05) is 19.1 Å². The van der Waals surface area contributed by atoms with E-state index in [4.69, 9.17) is 4.74 Å². The molecule has 0 N–H and O–H groups in total. The van der Waals surface area contributed by atoms with Gasteiger partial charge in [0.15, 0.2) is 0 Å². The summed E-state index contributed by atoms with van der Waals surface area (Å²) in [4.78, 5) is 11.8. The molecule has 0 heterocycles. The lowest BCUT2D eigenvalue weighted by Gasteiger charge is -2.25. The molecule has 0 aliphatic heterocycles. The maximum atomic E-state index is 11.8. The lowest BCUT2D eigenvalue weighted by molar-refractivity contribution is -0.125. The lowest BCUT2D eigenvalue weighted by atomic mass is 9.79. The second-order valence-electron chi connectivity index (χ2n) is 5.43. The van der Waals surface area contributed by atoms with Crippen molar-refractivity contribution in [1.82, 2.24) is 0 Å². The van der Waals surface area contributed by atoms with Crippen molar-refractivity contribution in [3.8, 4) is 5.75 Å². The van der Waals surface area contributed by atoms with Crippen LogP contribution in [0.15, 0.2) is 24.3 Å². The summed E-state index contributed by atoms with van der Waals surface area (Å²) in [6.07, 6.45) is 4.93. The molecule has 1 aromatic carbocycles. The number of benzene rings is 1. The van der Waals surface area contributed by atoms with E-state index in [1.165, 1.54) is 5.56 Å². The Hall–Kier alpha value is -1.31. The summed E-state index contributed by atoms with van der Waals surface area (Å²) in [6, 6.07) is 8.16. The summed E-state index contributed by atoms with van der Waals surface area (Å²) in [5, 5.41) is 0. The molecule has 1 aliphatic rings. The van der Waals surface area contributed by atoms with Crippen LogP contribution in [0, 0.1) is 11.8 Å². The molecule has 0 saturated heterocycles. The Morgan fingerprint density at radius 1 is 1.28 bits per heavy atom. The fourth-order valence-corrected chi connectivity index (χ4v) is 2.74. The van der Waals surface area contributed by atoms with Crippen molar-refractivity contribution < 1.29 is 9.53 Å². The number of carbonyl (C=O) groups is 1. The number of methoxy groups -OCH3 is 1. The quantitative estimate of drug-likeness (QED) is 0.811. The fourth-order valence-electron chi connectivity index (χ4n) is 2.74. The van der Waals surface area contributed by atoms with E-state index in [-0.39, 0.29) is 5.92 Å². The SMILES string of the molecule is COc1ccc(CCC2CC(C)CCC2=O)cc1. The van der Waals surface area contributed by atoms with Crippen LogP contribution >= 0.6 is 0 Å². The molecule has 98 valence electrons. The molecule has 1 aliphatic carbocycles. The van der Waals surface area contributed by atoms with Crippen LogP contribution in [0.4, 0.5) is 0 Å². The zero-order valence-corrected chi connectivity index (χ0v) is 11.3. The Morgan fingerprint density at radius 3 is 2.67 bits per heavy atom. The van der Waals surface area contributed by atoms with Crippen molar-refractivity contribution in [3.63, 3.8) is 0 Å². The fraction of sp³-hybridized carbons (Fsp3) is 0.562. The average Bonchev–Trinajstić information content (AvgIpc) is 2.40. The molecule has 0 bridgehead atoms. The van der Waals surface area contributed by atoms with Crippen LogP contribution in [-0.2, 0) is 11.2 Å². The summed E-state index contributed by atoms with van der Waals surface area (Å²) >= 11 is 0. The number of aryl methyl sites for hydroxylation is 1. The number of hydrogen-bond acceptors (Lipinski definition) is 2. The van der Waals surface area contributed by atoms with Gasteiger partial charge in [-0.25, -0.2) is 0 Å². The first kappa shape index (κ1) is 13.1. The lowest BCUT2D eigenvalue weighted by Crippen LogP contribution is -2.24. The summed E-state index contributed by atoms with van der Waals surface area (Å²) in [7, 11) is 1.68. The van der Waals surface area contributed by atoms with Crippen LogP contribution in [0.2, 0.25) is 0 Å². The van der Waals surface area contributed by atoms with E-state index < -0.39 is 0 Å². The van der Waals surface area contributed by atoms with Crippen LogP contribution in [0.5, 0.6) is 5.75 Å². The zero-order valence-electron chi connectivity index (χ0n) is 11.3. The first-order valence-electron chi connectivity index (χ1n) is 6.84. The second-order valence-corrected chi connectivity index (χ2v) is 5.43. The summed E-state index contributed by atoms with van der Waals surface area (Å²) in [5.74, 6) is 2.36. The minimum Gasteiger partial charge on any atom is -0.497 e. The molecule has 2 unspecified atom stereocenters. The average molecular weight is 246 g/mol. The number of rotatable bonds is 4. The highest BCUT2D eigenvalue weighted by molar-refractivity contribution is 5.81. The molecule has 18 heavy (non-hydrogen) atoms. The topological polar surface area (TPSA) is 26.3 Å². The van der Waals surface area contributed by atoms with Gasteiger partial charge in [-0.15, -0.1) is 0 Å². The number of ketones is 1. The van der Waals surface area contributed by atoms with Crippen molar-refractivity contribution in [2.24, 2.45) is 11.8 Å². The Kier molecular flexibility index (Phi) is 4.40. The molecular formula is C16H22O2. The highest BCUT2D eigenvalue weighted by Gasteiger charge is 2.25. The van der Waals surface area contributed by atoms with Crippen LogP contribution in [0.25, 0.3) is 0 Å². The van der Waals surface area contributed by atoms with Gasteiger partial charge in [0.25, 0.3) is 0 Å². The van der Waals surface area contributed by atoms with Gasteiger partial charge < -0.3 is 4.74 Å². The number of hydrogen-bond donors (Lipinski definition) is 0. The number of carbonyl (C=O) groups excluding carboxylic acids is 1. The van der Waals surface area contributed by atoms with Crippen molar-refractivity contribution in [2.45, 2.75) is 39.0 Å². The molecule has 2 heteroatoms. The first-order chi connectivity index (χ1) is 8.69. The van der Waals surface area contributed by atoms with Gasteiger partial charge >= 0.3 is 0 Å². The molecule has 0 radical (unpaired) electrons. The van der Waals surface area contributed by atoms with Crippen molar-refractivity contribution in [1.29, 1.82) is 0 Å². The van der Waals surface area contributed by atoms with Crippen LogP contribution < -0.4 is 4.74 Å². The normalized spacial score (nSPS) is 24.0. The van der Waals surface area contributed by atoms with Crippen LogP contribution in [-0.4, -0.2) is 12.9 Å². The van der Waals surface area contributed by atoms with E-state index in [2.05, 4.69) is 19.1 Å². The van der Waals surface area contributed by atoms with E-state index in [9.17, 15) is 4.79 Å². The molecule has 0 amide bonds. The maximum absolute atomic E-state index is 11.8. The van der Waals surface area contributed by atoms with Gasteiger partial charge in [0, 0.05) is 12.3 Å². The zero-order chi connectivity index (χ0) is 13.0. The summed E-state index contributed by atoms with van der Waals surface area (Å²) < 4.78 is 5.14. The smallest absolute Gasteiger partial charge is 0.136 e. The number of Topliss-reactive ketones (excluding diaryl/α,β-unsaturated/α-hetero) is 1. The van der Waals surface area contributed by atoms with Gasteiger partial charge in [-0.2, -0.15) is 0 Å².